The highest BCUT2D eigenvalue weighted by Gasteiger charge is 2.20. The minimum atomic E-state index is -3.20. The van der Waals surface area contributed by atoms with Crippen molar-refractivity contribution in [2.45, 2.75) is 18.7 Å². The number of nitrogens with zero attached hydrogens (tertiary/aromatic N) is 2. The Hall–Kier alpha value is -1.56. The lowest BCUT2D eigenvalue weighted by molar-refractivity contribution is -0.129. The molecule has 6 heteroatoms. The van der Waals surface area contributed by atoms with Crippen molar-refractivity contribution in [3.05, 3.63) is 23.8 Å². The Bertz CT molecular complexity index is 617. The molecule has 1 fully saturated rings. The van der Waals surface area contributed by atoms with E-state index in [-0.39, 0.29) is 5.91 Å². The average Bonchev–Trinajstić information content (AvgIpc) is 2.37. The molecule has 20 heavy (non-hydrogen) atoms. The number of aryl methyl sites for hydroxylation is 1. The summed E-state index contributed by atoms with van der Waals surface area (Å²) in [4.78, 5) is 15.6. The molecule has 1 aromatic rings. The Morgan fingerprint density at radius 2 is 1.70 bits per heavy atom. The third-order valence-electron chi connectivity index (χ3n) is 3.55. The number of rotatable bonds is 2. The number of benzene rings is 1. The van der Waals surface area contributed by atoms with Crippen LogP contribution in [-0.4, -0.2) is 51.7 Å². The second-order valence-electron chi connectivity index (χ2n) is 5.27. The largest absolute Gasteiger partial charge is 0.368 e. The molecule has 0 unspecified atom stereocenters. The predicted octanol–water partition coefficient (Wildman–Crippen LogP) is 1.07. The maximum absolute atomic E-state index is 11.7. The van der Waals surface area contributed by atoms with Crippen LogP contribution >= 0.6 is 0 Å². The van der Waals surface area contributed by atoms with Crippen LogP contribution in [-0.2, 0) is 14.6 Å². The van der Waals surface area contributed by atoms with Crippen LogP contribution in [0.2, 0.25) is 0 Å². The molecule has 0 aliphatic carbocycles. The van der Waals surface area contributed by atoms with Gasteiger partial charge < -0.3 is 9.80 Å². The quantitative estimate of drug-likeness (QED) is 0.819. The number of hydrogen-bond acceptors (Lipinski definition) is 4. The molecular weight excluding hydrogens is 276 g/mol. The third-order valence-corrected chi connectivity index (χ3v) is 4.65. The van der Waals surface area contributed by atoms with E-state index in [1.54, 1.807) is 19.1 Å². The van der Waals surface area contributed by atoms with E-state index in [1.807, 2.05) is 17.9 Å². The van der Waals surface area contributed by atoms with Crippen LogP contribution in [0.4, 0.5) is 5.69 Å². The van der Waals surface area contributed by atoms with Gasteiger partial charge in [-0.3, -0.25) is 4.79 Å². The van der Waals surface area contributed by atoms with Gasteiger partial charge in [-0.05, 0) is 30.7 Å². The normalized spacial score (nSPS) is 16.4. The molecule has 0 atom stereocenters. The van der Waals surface area contributed by atoms with Crippen molar-refractivity contribution in [1.29, 1.82) is 0 Å². The van der Waals surface area contributed by atoms with Gasteiger partial charge in [0.05, 0.1) is 4.90 Å². The Balaban J connectivity index is 2.22. The molecule has 0 saturated carbocycles. The van der Waals surface area contributed by atoms with Crippen LogP contribution in [0.3, 0.4) is 0 Å². The summed E-state index contributed by atoms with van der Waals surface area (Å²) in [6.45, 7) is 6.28. The van der Waals surface area contributed by atoms with E-state index in [0.29, 0.717) is 18.0 Å². The summed E-state index contributed by atoms with van der Waals surface area (Å²) in [7, 11) is -3.20. The third kappa shape index (κ3) is 3.30. The molecule has 0 N–H and O–H groups in total. The summed E-state index contributed by atoms with van der Waals surface area (Å²) in [5.41, 5.74) is 1.84. The number of carbonyl (C=O) groups excluding carboxylic acids is 1. The van der Waals surface area contributed by atoms with Crippen molar-refractivity contribution in [2.24, 2.45) is 0 Å². The first-order valence-corrected chi connectivity index (χ1v) is 8.49. The average molecular weight is 296 g/mol. The topological polar surface area (TPSA) is 57.7 Å². The lowest BCUT2D eigenvalue weighted by Gasteiger charge is -2.35. The van der Waals surface area contributed by atoms with Gasteiger partial charge in [0.15, 0.2) is 9.84 Å². The molecule has 2 rings (SSSR count). The van der Waals surface area contributed by atoms with Crippen molar-refractivity contribution in [3.8, 4) is 0 Å². The lowest BCUT2D eigenvalue weighted by atomic mass is 10.2. The van der Waals surface area contributed by atoms with Gasteiger partial charge in [-0.15, -0.1) is 0 Å². The molecule has 0 aromatic heterocycles. The molecule has 110 valence electrons. The summed E-state index contributed by atoms with van der Waals surface area (Å²) < 4.78 is 23.4. The highest BCUT2D eigenvalue weighted by atomic mass is 32.2. The van der Waals surface area contributed by atoms with Gasteiger partial charge >= 0.3 is 0 Å². The van der Waals surface area contributed by atoms with E-state index in [9.17, 15) is 13.2 Å². The van der Waals surface area contributed by atoms with Crippen molar-refractivity contribution < 1.29 is 13.2 Å². The highest BCUT2D eigenvalue weighted by molar-refractivity contribution is 7.90. The van der Waals surface area contributed by atoms with Crippen molar-refractivity contribution in [2.75, 3.05) is 37.3 Å². The number of piperazine rings is 1. The highest BCUT2D eigenvalue weighted by Crippen LogP contribution is 2.23. The van der Waals surface area contributed by atoms with Gasteiger partial charge in [0.25, 0.3) is 0 Å². The molecule has 1 aliphatic rings. The fourth-order valence-electron chi connectivity index (χ4n) is 2.40. The fourth-order valence-corrected chi connectivity index (χ4v) is 3.14. The van der Waals surface area contributed by atoms with E-state index in [1.165, 1.54) is 6.26 Å². The number of sulfone groups is 1. The summed E-state index contributed by atoms with van der Waals surface area (Å²) in [6, 6.07) is 5.38. The van der Waals surface area contributed by atoms with Crippen LogP contribution in [0.15, 0.2) is 23.1 Å². The zero-order chi connectivity index (χ0) is 14.9. The first-order chi connectivity index (χ1) is 9.27. The van der Waals surface area contributed by atoms with Crippen molar-refractivity contribution in [1.82, 2.24) is 4.90 Å². The Morgan fingerprint density at radius 1 is 1.10 bits per heavy atom. The Morgan fingerprint density at radius 3 is 2.20 bits per heavy atom. The van der Waals surface area contributed by atoms with Gasteiger partial charge in [0, 0.05) is 45.0 Å². The van der Waals surface area contributed by atoms with Crippen molar-refractivity contribution >= 4 is 21.4 Å². The molecule has 1 aromatic carbocycles. The zero-order valence-corrected chi connectivity index (χ0v) is 12.9. The zero-order valence-electron chi connectivity index (χ0n) is 12.1. The Kier molecular flexibility index (Phi) is 4.04. The summed E-state index contributed by atoms with van der Waals surface area (Å²) in [6.07, 6.45) is 1.22. The summed E-state index contributed by atoms with van der Waals surface area (Å²) >= 11 is 0. The molecule has 0 spiro atoms. The van der Waals surface area contributed by atoms with Crippen LogP contribution < -0.4 is 4.90 Å². The minimum absolute atomic E-state index is 0.0886. The standard InChI is InChI=1S/C14H20N2O3S/c1-11-8-13(10-14(9-11)20(3,18)19)16-6-4-15(5-7-16)12(2)17/h8-10H,4-7H2,1-3H3. The van der Waals surface area contributed by atoms with E-state index in [2.05, 4.69) is 4.90 Å². The molecule has 1 aliphatic heterocycles. The first kappa shape index (κ1) is 14.8. The van der Waals surface area contributed by atoms with Gasteiger partial charge in [-0.1, -0.05) is 0 Å². The second-order valence-corrected chi connectivity index (χ2v) is 7.29. The number of anilines is 1. The molecular formula is C14H20N2O3S. The van der Waals surface area contributed by atoms with Crippen LogP contribution in [0.5, 0.6) is 0 Å². The first-order valence-electron chi connectivity index (χ1n) is 6.59. The van der Waals surface area contributed by atoms with Crippen LogP contribution in [0, 0.1) is 6.92 Å². The SMILES string of the molecule is CC(=O)N1CCN(c2cc(C)cc(S(C)(=O)=O)c2)CC1. The van der Waals surface area contributed by atoms with Gasteiger partial charge in [-0.2, -0.15) is 0 Å². The monoisotopic (exact) mass is 296 g/mol. The van der Waals surface area contributed by atoms with Gasteiger partial charge in [0.2, 0.25) is 5.91 Å². The minimum Gasteiger partial charge on any atom is -0.368 e. The number of amides is 1. The number of carbonyl (C=O) groups is 1. The summed E-state index contributed by atoms with van der Waals surface area (Å²) in [5, 5.41) is 0. The molecule has 1 amide bonds. The lowest BCUT2D eigenvalue weighted by Crippen LogP contribution is -2.48. The Labute approximate surface area is 120 Å². The second kappa shape index (κ2) is 5.44. The smallest absolute Gasteiger partial charge is 0.219 e. The van der Waals surface area contributed by atoms with E-state index in [4.69, 9.17) is 0 Å². The van der Waals surface area contributed by atoms with E-state index in [0.717, 1.165) is 24.3 Å². The maximum atomic E-state index is 11.7. The van der Waals surface area contributed by atoms with E-state index >= 15 is 0 Å². The fraction of sp³-hybridized carbons (Fsp3) is 0.500. The maximum Gasteiger partial charge on any atom is 0.219 e. The van der Waals surface area contributed by atoms with Crippen LogP contribution in [0.25, 0.3) is 0 Å². The van der Waals surface area contributed by atoms with Gasteiger partial charge in [-0.25, -0.2) is 8.42 Å². The molecule has 5 nitrogen and oxygen atoms in total. The number of hydrogen-bond donors (Lipinski definition) is 0. The van der Waals surface area contributed by atoms with E-state index < -0.39 is 9.84 Å². The summed E-state index contributed by atoms with van der Waals surface area (Å²) in [5.74, 6) is 0.0886. The van der Waals surface area contributed by atoms with Gasteiger partial charge in [0.1, 0.15) is 0 Å². The molecule has 0 radical (unpaired) electrons. The van der Waals surface area contributed by atoms with Crippen molar-refractivity contribution in [3.63, 3.8) is 0 Å². The van der Waals surface area contributed by atoms with Crippen LogP contribution in [0.1, 0.15) is 12.5 Å². The molecule has 1 heterocycles. The molecule has 0 bridgehead atoms. The predicted molar refractivity (Wildman–Crippen MR) is 78.8 cm³/mol. The molecule has 1 saturated heterocycles.